The summed E-state index contributed by atoms with van der Waals surface area (Å²) in [6.45, 7) is 0.378. The van der Waals surface area contributed by atoms with Crippen molar-refractivity contribution in [3.8, 4) is 0 Å². The summed E-state index contributed by atoms with van der Waals surface area (Å²) in [5.74, 6) is 0.774. The first-order chi connectivity index (χ1) is 8.70. The number of aliphatic hydroxyl groups is 1. The number of aliphatic hydroxyl groups excluding tert-OH is 1. The first-order valence-electron chi connectivity index (χ1n) is 5.64. The average Bonchev–Trinajstić information content (AvgIpc) is 2.81. The smallest absolute Gasteiger partial charge is 0.255 e. The highest BCUT2D eigenvalue weighted by Gasteiger charge is 2.15. The Morgan fingerprint density at radius 1 is 1.39 bits per heavy atom. The van der Waals surface area contributed by atoms with E-state index < -0.39 is 6.10 Å². The van der Waals surface area contributed by atoms with Crippen LogP contribution in [0, 0.1) is 0 Å². The Hall–Kier alpha value is -1.24. The van der Waals surface area contributed by atoms with Crippen LogP contribution in [-0.2, 0) is 6.42 Å². The highest BCUT2D eigenvalue weighted by Crippen LogP contribution is 2.19. The molecule has 2 rings (SSSR count). The van der Waals surface area contributed by atoms with Gasteiger partial charge in [0.05, 0.1) is 0 Å². The van der Waals surface area contributed by atoms with Crippen LogP contribution in [0.1, 0.15) is 29.8 Å². The molecule has 0 spiro atoms. The monoisotopic (exact) mass is 311 g/mol. The quantitative estimate of drug-likeness (QED) is 0.879. The number of benzene rings is 1. The molecule has 1 heterocycles. The lowest BCUT2D eigenvalue weighted by Gasteiger charge is -2.01. The molecule has 1 aromatic carbocycles. The zero-order chi connectivity index (χ0) is 13.0. The van der Waals surface area contributed by atoms with Gasteiger partial charge in [-0.3, -0.25) is 0 Å². The number of rotatable bonds is 5. The molecule has 6 heteroatoms. The van der Waals surface area contributed by atoms with Gasteiger partial charge in [0.25, 0.3) is 5.89 Å². The summed E-state index contributed by atoms with van der Waals surface area (Å²) in [7, 11) is 0. The van der Waals surface area contributed by atoms with Crippen molar-refractivity contribution in [1.29, 1.82) is 0 Å². The van der Waals surface area contributed by atoms with Crippen molar-refractivity contribution < 1.29 is 9.63 Å². The highest BCUT2D eigenvalue weighted by molar-refractivity contribution is 9.10. The minimum Gasteiger partial charge on any atom is -0.383 e. The molecular weight excluding hydrogens is 298 g/mol. The van der Waals surface area contributed by atoms with Gasteiger partial charge in [-0.1, -0.05) is 39.3 Å². The van der Waals surface area contributed by atoms with E-state index in [4.69, 9.17) is 10.3 Å². The molecule has 1 atom stereocenters. The number of hydrogen-bond acceptors (Lipinski definition) is 5. The Morgan fingerprint density at radius 2 is 2.17 bits per heavy atom. The molecule has 0 bridgehead atoms. The van der Waals surface area contributed by atoms with Gasteiger partial charge in [-0.2, -0.15) is 4.98 Å². The molecule has 1 aromatic heterocycles. The van der Waals surface area contributed by atoms with Crippen molar-refractivity contribution >= 4 is 15.9 Å². The highest BCUT2D eigenvalue weighted by atomic mass is 79.9. The Balaban J connectivity index is 2.09. The molecular formula is C12H14BrN3O2. The summed E-state index contributed by atoms with van der Waals surface area (Å²) >= 11 is 3.46. The largest absolute Gasteiger partial charge is 0.383 e. The fourth-order valence-electron chi connectivity index (χ4n) is 1.57. The Morgan fingerprint density at radius 3 is 2.89 bits per heavy atom. The number of aromatic nitrogens is 2. The lowest BCUT2D eigenvalue weighted by Crippen LogP contribution is -2.07. The van der Waals surface area contributed by atoms with Gasteiger partial charge in [-0.15, -0.1) is 0 Å². The molecule has 0 aliphatic carbocycles. The second kappa shape index (κ2) is 6.08. The van der Waals surface area contributed by atoms with E-state index in [2.05, 4.69) is 26.1 Å². The van der Waals surface area contributed by atoms with Gasteiger partial charge < -0.3 is 15.4 Å². The lowest BCUT2D eigenvalue weighted by atomic mass is 10.1. The van der Waals surface area contributed by atoms with Crippen LogP contribution in [0.2, 0.25) is 0 Å². The van der Waals surface area contributed by atoms with Crippen LogP contribution in [0.5, 0.6) is 0 Å². The predicted molar refractivity (Wildman–Crippen MR) is 69.9 cm³/mol. The number of nitrogens with two attached hydrogens (primary N) is 1. The van der Waals surface area contributed by atoms with Crippen LogP contribution in [0.3, 0.4) is 0 Å². The fraction of sp³-hybridized carbons (Fsp3) is 0.333. The first kappa shape index (κ1) is 13.2. The standard InChI is InChI=1S/C12H14BrN3O2/c13-9-4-2-1-3-8(9)7-11-15-12(18-16-11)10(17)5-6-14/h1-4,10,17H,5-7,14H2/t10-/m0/s1. The molecule has 96 valence electrons. The average molecular weight is 312 g/mol. The molecule has 0 aliphatic heterocycles. The van der Waals surface area contributed by atoms with Crippen molar-refractivity contribution in [3.05, 3.63) is 46.0 Å². The normalized spacial score (nSPS) is 12.6. The van der Waals surface area contributed by atoms with Gasteiger partial charge in [0.2, 0.25) is 0 Å². The van der Waals surface area contributed by atoms with Gasteiger partial charge >= 0.3 is 0 Å². The van der Waals surface area contributed by atoms with Gasteiger partial charge in [0, 0.05) is 10.9 Å². The van der Waals surface area contributed by atoms with Gasteiger partial charge in [-0.25, -0.2) is 0 Å². The molecule has 5 nitrogen and oxygen atoms in total. The number of nitrogens with zero attached hydrogens (tertiary/aromatic N) is 2. The Bertz CT molecular complexity index is 516. The summed E-state index contributed by atoms with van der Waals surface area (Å²) in [6.07, 6.45) is 0.187. The van der Waals surface area contributed by atoms with Crippen molar-refractivity contribution in [2.24, 2.45) is 5.73 Å². The molecule has 0 aliphatic rings. The third kappa shape index (κ3) is 3.16. The molecule has 0 amide bonds. The van der Waals surface area contributed by atoms with Crippen LogP contribution >= 0.6 is 15.9 Å². The SMILES string of the molecule is NCC[C@H](O)c1nc(Cc2ccccc2Br)no1. The van der Waals surface area contributed by atoms with Crippen molar-refractivity contribution in [2.45, 2.75) is 18.9 Å². The zero-order valence-electron chi connectivity index (χ0n) is 9.71. The zero-order valence-corrected chi connectivity index (χ0v) is 11.3. The van der Waals surface area contributed by atoms with Crippen LogP contribution < -0.4 is 5.73 Å². The van der Waals surface area contributed by atoms with E-state index in [1.165, 1.54) is 0 Å². The van der Waals surface area contributed by atoms with Crippen LogP contribution in [0.25, 0.3) is 0 Å². The van der Waals surface area contributed by atoms with E-state index in [0.29, 0.717) is 25.2 Å². The summed E-state index contributed by atoms with van der Waals surface area (Å²) in [5.41, 5.74) is 6.43. The van der Waals surface area contributed by atoms with Gasteiger partial charge in [-0.05, 0) is 24.6 Å². The Kier molecular flexibility index (Phi) is 4.46. The maximum Gasteiger partial charge on any atom is 0.255 e. The summed E-state index contributed by atoms with van der Waals surface area (Å²) in [5, 5.41) is 13.5. The molecule has 0 radical (unpaired) electrons. The van der Waals surface area contributed by atoms with E-state index in [1.54, 1.807) is 0 Å². The van der Waals surface area contributed by atoms with E-state index in [1.807, 2.05) is 24.3 Å². The third-order valence-corrected chi connectivity index (χ3v) is 3.29. The van der Waals surface area contributed by atoms with Crippen molar-refractivity contribution in [2.75, 3.05) is 6.54 Å². The number of halogens is 1. The van der Waals surface area contributed by atoms with Gasteiger partial charge in [0.1, 0.15) is 6.10 Å². The first-order valence-corrected chi connectivity index (χ1v) is 6.44. The summed E-state index contributed by atoms with van der Waals surface area (Å²) < 4.78 is 6.01. The molecule has 0 fully saturated rings. The molecule has 0 saturated heterocycles. The second-order valence-electron chi connectivity index (χ2n) is 3.91. The minimum atomic E-state index is -0.782. The lowest BCUT2D eigenvalue weighted by molar-refractivity contribution is 0.127. The van der Waals surface area contributed by atoms with E-state index in [-0.39, 0.29) is 5.89 Å². The maximum atomic E-state index is 9.67. The van der Waals surface area contributed by atoms with Crippen LogP contribution in [0.15, 0.2) is 33.3 Å². The molecule has 0 unspecified atom stereocenters. The van der Waals surface area contributed by atoms with E-state index in [0.717, 1.165) is 10.0 Å². The van der Waals surface area contributed by atoms with E-state index >= 15 is 0 Å². The predicted octanol–water partition coefficient (Wildman–Crippen LogP) is 1.81. The Labute approximate surface area is 113 Å². The van der Waals surface area contributed by atoms with Crippen LogP contribution in [0.4, 0.5) is 0 Å². The maximum absolute atomic E-state index is 9.67. The van der Waals surface area contributed by atoms with Crippen molar-refractivity contribution in [3.63, 3.8) is 0 Å². The molecule has 18 heavy (non-hydrogen) atoms. The summed E-state index contributed by atoms with van der Waals surface area (Å²) in [6, 6.07) is 7.83. The topological polar surface area (TPSA) is 85.2 Å². The molecule has 0 saturated carbocycles. The number of hydrogen-bond donors (Lipinski definition) is 2. The van der Waals surface area contributed by atoms with Gasteiger partial charge in [0.15, 0.2) is 5.82 Å². The third-order valence-electron chi connectivity index (χ3n) is 2.52. The summed E-state index contributed by atoms with van der Waals surface area (Å²) in [4.78, 5) is 4.16. The van der Waals surface area contributed by atoms with Crippen LogP contribution in [-0.4, -0.2) is 21.8 Å². The van der Waals surface area contributed by atoms with Crippen molar-refractivity contribution in [1.82, 2.24) is 10.1 Å². The second-order valence-corrected chi connectivity index (χ2v) is 4.76. The molecule has 2 aromatic rings. The van der Waals surface area contributed by atoms with E-state index in [9.17, 15) is 5.11 Å². The molecule has 3 N–H and O–H groups in total. The fourth-order valence-corrected chi connectivity index (χ4v) is 1.99. The minimum absolute atomic E-state index is 0.225.